The summed E-state index contributed by atoms with van der Waals surface area (Å²) < 4.78 is 2.19. The third-order valence-electron chi connectivity index (χ3n) is 2.89. The van der Waals surface area contributed by atoms with Crippen LogP contribution in [-0.4, -0.2) is 35.1 Å². The molecule has 0 unspecified atom stereocenters. The van der Waals surface area contributed by atoms with Crippen molar-refractivity contribution in [2.45, 2.75) is 13.0 Å². The molecular formula is C14H20N4. The quantitative estimate of drug-likeness (QED) is 0.819. The Labute approximate surface area is 108 Å². The number of hydrogen-bond acceptors (Lipinski definition) is 3. The summed E-state index contributed by atoms with van der Waals surface area (Å²) in [5.74, 6) is 1.01. The Morgan fingerprint density at radius 2 is 1.94 bits per heavy atom. The molecule has 0 saturated carbocycles. The van der Waals surface area contributed by atoms with Gasteiger partial charge in [0.1, 0.15) is 5.82 Å². The molecule has 2 rings (SSSR count). The van der Waals surface area contributed by atoms with Crippen molar-refractivity contribution in [2.24, 2.45) is 0 Å². The lowest BCUT2D eigenvalue weighted by molar-refractivity contribution is 0.387. The lowest BCUT2D eigenvalue weighted by Crippen LogP contribution is -2.15. The van der Waals surface area contributed by atoms with Gasteiger partial charge in [-0.15, -0.1) is 0 Å². The Balaban J connectivity index is 2.10. The van der Waals surface area contributed by atoms with Crippen molar-refractivity contribution in [3.8, 4) is 11.4 Å². The number of rotatable bonds is 5. The van der Waals surface area contributed by atoms with Crippen molar-refractivity contribution in [1.29, 1.82) is 0 Å². The fraction of sp³-hybridized carbons (Fsp3) is 0.357. The van der Waals surface area contributed by atoms with Gasteiger partial charge in [0.05, 0.1) is 0 Å². The first kappa shape index (κ1) is 12.6. The highest BCUT2D eigenvalue weighted by atomic mass is 15.1. The van der Waals surface area contributed by atoms with Crippen molar-refractivity contribution in [2.75, 3.05) is 26.4 Å². The van der Waals surface area contributed by atoms with Crippen LogP contribution in [-0.2, 0) is 6.54 Å². The van der Waals surface area contributed by atoms with Crippen molar-refractivity contribution >= 4 is 5.69 Å². The molecule has 0 atom stereocenters. The van der Waals surface area contributed by atoms with Gasteiger partial charge in [-0.3, -0.25) is 0 Å². The number of aromatic nitrogens is 2. The molecular weight excluding hydrogens is 224 g/mol. The molecule has 0 aliphatic carbocycles. The minimum Gasteiger partial charge on any atom is -0.399 e. The van der Waals surface area contributed by atoms with Crippen LogP contribution in [0.5, 0.6) is 0 Å². The summed E-state index contributed by atoms with van der Waals surface area (Å²) in [6, 6.07) is 7.85. The summed E-state index contributed by atoms with van der Waals surface area (Å²) in [6.07, 6.45) is 4.99. The van der Waals surface area contributed by atoms with E-state index in [0.717, 1.165) is 36.6 Å². The van der Waals surface area contributed by atoms with Gasteiger partial charge >= 0.3 is 0 Å². The second kappa shape index (κ2) is 5.69. The Morgan fingerprint density at radius 1 is 1.22 bits per heavy atom. The number of imidazole rings is 1. The molecule has 0 radical (unpaired) electrons. The van der Waals surface area contributed by atoms with Crippen LogP contribution in [0.2, 0.25) is 0 Å². The van der Waals surface area contributed by atoms with E-state index < -0.39 is 0 Å². The summed E-state index contributed by atoms with van der Waals surface area (Å²) in [6.45, 7) is 2.07. The molecule has 2 aromatic rings. The minimum absolute atomic E-state index is 0.782. The first-order valence-corrected chi connectivity index (χ1v) is 6.18. The summed E-state index contributed by atoms with van der Waals surface area (Å²) >= 11 is 0. The molecule has 4 heteroatoms. The average Bonchev–Trinajstić information content (AvgIpc) is 2.78. The van der Waals surface area contributed by atoms with Gasteiger partial charge in [-0.2, -0.15) is 0 Å². The number of nitrogens with two attached hydrogens (primary N) is 1. The van der Waals surface area contributed by atoms with Crippen LogP contribution >= 0.6 is 0 Å². The third kappa shape index (κ3) is 3.11. The van der Waals surface area contributed by atoms with Crippen LogP contribution in [0.3, 0.4) is 0 Å². The zero-order chi connectivity index (χ0) is 13.0. The van der Waals surface area contributed by atoms with Gasteiger partial charge in [0, 0.05) is 30.2 Å². The Bertz CT molecular complexity index is 485. The Hall–Kier alpha value is -1.81. The van der Waals surface area contributed by atoms with Crippen molar-refractivity contribution in [3.05, 3.63) is 36.7 Å². The second-order valence-corrected chi connectivity index (χ2v) is 4.72. The van der Waals surface area contributed by atoms with Crippen LogP contribution in [0.25, 0.3) is 11.4 Å². The number of hydrogen-bond donors (Lipinski definition) is 1. The number of aryl methyl sites for hydroxylation is 1. The van der Waals surface area contributed by atoms with E-state index in [1.807, 2.05) is 36.7 Å². The molecule has 0 amide bonds. The predicted molar refractivity (Wildman–Crippen MR) is 75.2 cm³/mol. The average molecular weight is 244 g/mol. The van der Waals surface area contributed by atoms with E-state index in [0.29, 0.717) is 0 Å². The molecule has 18 heavy (non-hydrogen) atoms. The van der Waals surface area contributed by atoms with E-state index in [1.165, 1.54) is 0 Å². The smallest absolute Gasteiger partial charge is 0.139 e. The van der Waals surface area contributed by atoms with Gasteiger partial charge < -0.3 is 15.2 Å². The van der Waals surface area contributed by atoms with E-state index in [1.54, 1.807) is 0 Å². The van der Waals surface area contributed by atoms with Crippen molar-refractivity contribution in [1.82, 2.24) is 14.5 Å². The molecule has 1 heterocycles. The number of benzene rings is 1. The molecule has 2 N–H and O–H groups in total. The van der Waals surface area contributed by atoms with Crippen LogP contribution in [0, 0.1) is 0 Å². The summed E-state index contributed by atoms with van der Waals surface area (Å²) in [5.41, 5.74) is 7.59. The van der Waals surface area contributed by atoms with Gasteiger partial charge in [0.25, 0.3) is 0 Å². The first-order chi connectivity index (χ1) is 8.66. The molecule has 0 bridgehead atoms. The van der Waals surface area contributed by atoms with E-state index in [4.69, 9.17) is 5.73 Å². The van der Waals surface area contributed by atoms with Crippen LogP contribution in [0.4, 0.5) is 5.69 Å². The fourth-order valence-electron chi connectivity index (χ4n) is 1.94. The molecule has 0 saturated heterocycles. The standard InChI is InChI=1S/C14H20N4/c1-17(2)9-3-10-18-11-8-16-14(18)12-4-6-13(15)7-5-12/h4-8,11H,3,9-10,15H2,1-2H3. The van der Waals surface area contributed by atoms with Crippen molar-refractivity contribution < 1.29 is 0 Å². The van der Waals surface area contributed by atoms with Crippen LogP contribution < -0.4 is 5.73 Å². The van der Waals surface area contributed by atoms with Crippen LogP contribution in [0.1, 0.15) is 6.42 Å². The molecule has 0 aliphatic heterocycles. The maximum absolute atomic E-state index is 5.70. The lowest BCUT2D eigenvalue weighted by Gasteiger charge is -2.11. The van der Waals surface area contributed by atoms with Gasteiger partial charge in [0.2, 0.25) is 0 Å². The highest BCUT2D eigenvalue weighted by Gasteiger charge is 2.05. The number of nitrogens with zero attached hydrogens (tertiary/aromatic N) is 3. The SMILES string of the molecule is CN(C)CCCn1ccnc1-c1ccc(N)cc1. The Morgan fingerprint density at radius 3 is 2.61 bits per heavy atom. The molecule has 1 aromatic carbocycles. The second-order valence-electron chi connectivity index (χ2n) is 4.72. The normalized spacial score (nSPS) is 11.1. The van der Waals surface area contributed by atoms with E-state index in [2.05, 4.69) is 28.5 Å². The Kier molecular flexibility index (Phi) is 3.99. The summed E-state index contributed by atoms with van der Waals surface area (Å²) in [7, 11) is 4.18. The minimum atomic E-state index is 0.782. The van der Waals surface area contributed by atoms with Crippen molar-refractivity contribution in [3.63, 3.8) is 0 Å². The highest BCUT2D eigenvalue weighted by Crippen LogP contribution is 2.19. The van der Waals surface area contributed by atoms with Gasteiger partial charge in [0.15, 0.2) is 0 Å². The summed E-state index contributed by atoms with van der Waals surface area (Å²) in [4.78, 5) is 6.62. The maximum Gasteiger partial charge on any atom is 0.139 e. The lowest BCUT2D eigenvalue weighted by atomic mass is 10.2. The molecule has 1 aromatic heterocycles. The topological polar surface area (TPSA) is 47.1 Å². The number of nitrogen functional groups attached to an aromatic ring is 1. The predicted octanol–water partition coefficient (Wildman–Crippen LogP) is 2.08. The third-order valence-corrected chi connectivity index (χ3v) is 2.89. The molecule has 4 nitrogen and oxygen atoms in total. The number of anilines is 1. The van der Waals surface area contributed by atoms with Gasteiger partial charge in [-0.25, -0.2) is 4.98 Å². The fourth-order valence-corrected chi connectivity index (χ4v) is 1.94. The van der Waals surface area contributed by atoms with E-state index in [-0.39, 0.29) is 0 Å². The largest absolute Gasteiger partial charge is 0.399 e. The van der Waals surface area contributed by atoms with Gasteiger partial charge in [-0.05, 0) is 51.3 Å². The molecule has 0 aliphatic rings. The maximum atomic E-state index is 5.70. The van der Waals surface area contributed by atoms with E-state index >= 15 is 0 Å². The zero-order valence-corrected chi connectivity index (χ0v) is 11.0. The molecule has 96 valence electrons. The van der Waals surface area contributed by atoms with Gasteiger partial charge in [-0.1, -0.05) is 0 Å². The highest BCUT2D eigenvalue weighted by molar-refractivity contribution is 5.59. The van der Waals surface area contributed by atoms with Crippen LogP contribution in [0.15, 0.2) is 36.7 Å². The molecule has 0 spiro atoms. The summed E-state index contributed by atoms with van der Waals surface area (Å²) in [5, 5.41) is 0. The van der Waals surface area contributed by atoms with E-state index in [9.17, 15) is 0 Å². The first-order valence-electron chi connectivity index (χ1n) is 6.18. The monoisotopic (exact) mass is 244 g/mol. The zero-order valence-electron chi connectivity index (χ0n) is 11.0. The molecule has 0 fully saturated rings.